The van der Waals surface area contributed by atoms with Gasteiger partial charge in [-0.1, -0.05) is 18.2 Å². The van der Waals surface area contributed by atoms with Crippen LogP contribution in [0.15, 0.2) is 48.7 Å². The van der Waals surface area contributed by atoms with Crippen LogP contribution in [0.25, 0.3) is 0 Å². The van der Waals surface area contributed by atoms with Crippen LogP contribution in [0.4, 0.5) is 13.2 Å². The zero-order valence-electron chi connectivity index (χ0n) is 13.6. The van der Waals surface area contributed by atoms with Crippen LogP contribution in [0.2, 0.25) is 0 Å². The van der Waals surface area contributed by atoms with E-state index in [1.807, 2.05) is 42.5 Å². The van der Waals surface area contributed by atoms with Crippen molar-refractivity contribution in [3.63, 3.8) is 0 Å². The van der Waals surface area contributed by atoms with Crippen molar-refractivity contribution in [1.29, 1.82) is 0 Å². The topological polar surface area (TPSA) is 34.6 Å². The summed E-state index contributed by atoms with van der Waals surface area (Å²) in [7, 11) is 0. The zero-order chi connectivity index (χ0) is 17.7. The van der Waals surface area contributed by atoms with Gasteiger partial charge in [0.05, 0.1) is 12.3 Å². The van der Waals surface area contributed by atoms with E-state index < -0.39 is 12.3 Å². The first kappa shape index (κ1) is 17.7. The molecule has 4 nitrogen and oxygen atoms in total. The van der Waals surface area contributed by atoms with Crippen LogP contribution in [0.5, 0.6) is 5.75 Å². The molecule has 0 saturated carbocycles. The molecule has 1 aliphatic heterocycles. The van der Waals surface area contributed by atoms with Crippen LogP contribution in [-0.4, -0.2) is 41.9 Å². The van der Waals surface area contributed by atoms with Crippen LogP contribution in [0, 0.1) is 0 Å². The minimum absolute atomic E-state index is 0.0927. The van der Waals surface area contributed by atoms with Gasteiger partial charge in [-0.15, -0.1) is 0 Å². The second kappa shape index (κ2) is 7.84. The molecule has 0 N–H and O–H groups in total. The third-order valence-electron chi connectivity index (χ3n) is 3.96. The van der Waals surface area contributed by atoms with Gasteiger partial charge in [-0.2, -0.15) is 13.2 Å². The van der Waals surface area contributed by atoms with E-state index in [1.165, 1.54) is 0 Å². The zero-order valence-corrected chi connectivity index (χ0v) is 13.6. The maximum absolute atomic E-state index is 12.8. The normalized spacial score (nSPS) is 18.9. The van der Waals surface area contributed by atoms with E-state index in [1.54, 1.807) is 11.1 Å². The Hall–Kier alpha value is -2.12. The van der Waals surface area contributed by atoms with E-state index in [0.29, 0.717) is 25.4 Å². The van der Waals surface area contributed by atoms with Crippen molar-refractivity contribution in [2.75, 3.05) is 19.7 Å². The molecule has 0 spiro atoms. The van der Waals surface area contributed by atoms with E-state index in [4.69, 9.17) is 9.47 Å². The molecule has 1 aromatic heterocycles. The van der Waals surface area contributed by atoms with Crippen molar-refractivity contribution in [2.45, 2.75) is 25.4 Å². The first-order valence-electron chi connectivity index (χ1n) is 8.03. The third-order valence-corrected chi connectivity index (χ3v) is 3.96. The average molecular weight is 352 g/mol. The van der Waals surface area contributed by atoms with E-state index in [2.05, 4.69) is 4.98 Å². The molecule has 7 heteroatoms. The number of alkyl halides is 3. The van der Waals surface area contributed by atoms with E-state index in [-0.39, 0.29) is 13.2 Å². The Bertz CT molecular complexity index is 662. The number of benzene rings is 1. The van der Waals surface area contributed by atoms with Gasteiger partial charge in [0.1, 0.15) is 12.4 Å². The molecule has 1 atom stereocenters. The molecule has 1 saturated heterocycles. The number of hydrogen-bond acceptors (Lipinski definition) is 4. The number of rotatable bonds is 5. The van der Waals surface area contributed by atoms with Crippen molar-refractivity contribution in [3.05, 3.63) is 59.9 Å². The largest absolute Gasteiger partial charge is 0.487 e. The Kier molecular flexibility index (Phi) is 5.55. The fraction of sp³-hybridized carbons (Fsp3) is 0.389. The summed E-state index contributed by atoms with van der Waals surface area (Å²) in [4.78, 5) is 5.94. The standard InChI is InChI=1S/C18H19F3N2O2/c19-18(20,21)17-12-23(9-10-24-17)11-14-4-6-16(7-5-14)25-13-15-3-1-2-8-22-15/h1-8,17H,9-13H2/t17-/m1/s1. The maximum Gasteiger partial charge on any atom is 0.415 e. The number of aromatic nitrogens is 1. The number of nitrogens with zero attached hydrogens (tertiary/aromatic N) is 2. The maximum atomic E-state index is 12.8. The van der Waals surface area contributed by atoms with Gasteiger partial charge in [0.25, 0.3) is 0 Å². The summed E-state index contributed by atoms with van der Waals surface area (Å²) in [6.45, 7) is 1.27. The Morgan fingerprint density at radius 2 is 1.96 bits per heavy atom. The summed E-state index contributed by atoms with van der Waals surface area (Å²) in [5.41, 5.74) is 1.77. The van der Waals surface area contributed by atoms with E-state index >= 15 is 0 Å². The fourth-order valence-corrected chi connectivity index (χ4v) is 2.63. The summed E-state index contributed by atoms with van der Waals surface area (Å²) in [6, 6.07) is 13.0. The lowest BCUT2D eigenvalue weighted by Crippen LogP contribution is -2.48. The van der Waals surface area contributed by atoms with Crippen LogP contribution in [-0.2, 0) is 17.9 Å². The lowest BCUT2D eigenvalue weighted by molar-refractivity contribution is -0.237. The summed E-state index contributed by atoms with van der Waals surface area (Å²) >= 11 is 0. The van der Waals surface area contributed by atoms with Gasteiger partial charge in [-0.25, -0.2) is 0 Å². The van der Waals surface area contributed by atoms with E-state index in [0.717, 1.165) is 11.3 Å². The minimum atomic E-state index is -4.32. The van der Waals surface area contributed by atoms with Crippen molar-refractivity contribution in [3.8, 4) is 5.75 Å². The molecular formula is C18H19F3N2O2. The number of morpholine rings is 1. The Balaban J connectivity index is 1.52. The van der Waals surface area contributed by atoms with Gasteiger partial charge >= 0.3 is 6.18 Å². The van der Waals surface area contributed by atoms with Crippen LogP contribution >= 0.6 is 0 Å². The second-order valence-corrected chi connectivity index (χ2v) is 5.89. The van der Waals surface area contributed by atoms with Gasteiger partial charge < -0.3 is 9.47 Å². The Labute approximate surface area is 144 Å². The van der Waals surface area contributed by atoms with Gasteiger partial charge in [0, 0.05) is 25.8 Å². The molecule has 0 bridgehead atoms. The first-order valence-corrected chi connectivity index (χ1v) is 8.03. The molecule has 1 fully saturated rings. The van der Waals surface area contributed by atoms with Crippen molar-refractivity contribution in [2.24, 2.45) is 0 Å². The SMILES string of the molecule is FC(F)(F)[C@H]1CN(Cc2ccc(OCc3ccccn3)cc2)CCO1. The molecule has 0 unspecified atom stereocenters. The summed E-state index contributed by atoms with van der Waals surface area (Å²) in [6.07, 6.45) is -4.32. The molecule has 0 radical (unpaired) electrons. The summed E-state index contributed by atoms with van der Waals surface area (Å²) < 4.78 is 48.7. The predicted octanol–water partition coefficient (Wildman–Crippen LogP) is 3.42. The van der Waals surface area contributed by atoms with Crippen LogP contribution in [0.1, 0.15) is 11.3 Å². The lowest BCUT2D eigenvalue weighted by atomic mass is 10.2. The quantitative estimate of drug-likeness (QED) is 0.826. The molecule has 1 aliphatic rings. The molecule has 134 valence electrons. The molecule has 2 heterocycles. The lowest BCUT2D eigenvalue weighted by Gasteiger charge is -2.33. The molecule has 2 aromatic rings. The Morgan fingerprint density at radius 3 is 2.64 bits per heavy atom. The summed E-state index contributed by atoms with van der Waals surface area (Å²) in [5, 5.41) is 0. The molecule has 0 amide bonds. The molecule has 0 aliphatic carbocycles. The van der Waals surface area contributed by atoms with Gasteiger partial charge in [0.15, 0.2) is 6.10 Å². The second-order valence-electron chi connectivity index (χ2n) is 5.89. The van der Waals surface area contributed by atoms with Crippen molar-refractivity contribution < 1.29 is 22.6 Å². The highest BCUT2D eigenvalue weighted by atomic mass is 19.4. The number of pyridine rings is 1. The highest BCUT2D eigenvalue weighted by Gasteiger charge is 2.43. The van der Waals surface area contributed by atoms with Gasteiger partial charge in [-0.05, 0) is 29.8 Å². The van der Waals surface area contributed by atoms with E-state index in [9.17, 15) is 13.2 Å². The van der Waals surface area contributed by atoms with Crippen molar-refractivity contribution >= 4 is 0 Å². The molecule has 3 rings (SSSR count). The van der Waals surface area contributed by atoms with Crippen LogP contribution < -0.4 is 4.74 Å². The molecule has 25 heavy (non-hydrogen) atoms. The minimum Gasteiger partial charge on any atom is -0.487 e. The first-order chi connectivity index (χ1) is 12.0. The monoisotopic (exact) mass is 352 g/mol. The van der Waals surface area contributed by atoms with Crippen molar-refractivity contribution in [1.82, 2.24) is 9.88 Å². The third kappa shape index (κ3) is 5.17. The number of halogens is 3. The molecule has 1 aromatic carbocycles. The van der Waals surface area contributed by atoms with Gasteiger partial charge in [-0.3, -0.25) is 9.88 Å². The Morgan fingerprint density at radius 1 is 1.16 bits per heavy atom. The predicted molar refractivity (Wildman–Crippen MR) is 86.1 cm³/mol. The summed E-state index contributed by atoms with van der Waals surface area (Å²) in [5.74, 6) is 0.699. The highest BCUT2D eigenvalue weighted by molar-refractivity contribution is 5.27. The average Bonchev–Trinajstić information content (AvgIpc) is 2.62. The smallest absolute Gasteiger partial charge is 0.415 e. The molecular weight excluding hydrogens is 333 g/mol. The number of hydrogen-bond donors (Lipinski definition) is 0. The number of ether oxygens (including phenoxy) is 2. The fourth-order valence-electron chi connectivity index (χ4n) is 2.63. The van der Waals surface area contributed by atoms with Gasteiger partial charge in [0.2, 0.25) is 0 Å². The van der Waals surface area contributed by atoms with Crippen LogP contribution in [0.3, 0.4) is 0 Å². The highest BCUT2D eigenvalue weighted by Crippen LogP contribution is 2.26.